The number of aromatic nitrogens is 1. The Hall–Kier alpha value is -1.79. The van der Waals surface area contributed by atoms with Crippen molar-refractivity contribution in [3.63, 3.8) is 0 Å². The van der Waals surface area contributed by atoms with E-state index in [-0.39, 0.29) is 0 Å². The molecule has 0 radical (unpaired) electrons. The summed E-state index contributed by atoms with van der Waals surface area (Å²) in [5, 5.41) is -2.44. The van der Waals surface area contributed by atoms with E-state index in [0.29, 0.717) is 17.7 Å². The maximum absolute atomic E-state index is 13.7. The molecule has 1 amide bonds. The Morgan fingerprint density at radius 1 is 1.33 bits per heavy atom. The van der Waals surface area contributed by atoms with Gasteiger partial charge in [-0.3, -0.25) is 9.78 Å². The first kappa shape index (κ1) is 17.3. The summed E-state index contributed by atoms with van der Waals surface area (Å²) in [6.45, 7) is 3.04. The molecule has 0 bridgehead atoms. The number of rotatable bonds is 6. The highest BCUT2D eigenvalue weighted by molar-refractivity contribution is 6.35. The largest absolute Gasteiger partial charge is 0.271 e. The Balaban J connectivity index is 2.58. The predicted octanol–water partition coefficient (Wildman–Crippen LogP) is 3.35. The summed E-state index contributed by atoms with van der Waals surface area (Å²) >= 11 is 10.5. The normalized spacial score (nSPS) is 17.3. The third kappa shape index (κ3) is 4.91. The molecule has 0 aliphatic heterocycles. The Morgan fingerprint density at radius 3 is 2.52 bits per heavy atom. The number of hydrazone groups is 1. The van der Waals surface area contributed by atoms with Crippen LogP contribution in [0, 0.1) is 0 Å². The fraction of sp³-hybridized carbons (Fsp3) is 0.154. The smallest absolute Gasteiger partial charge is 0.267 e. The van der Waals surface area contributed by atoms with Gasteiger partial charge in [-0.25, -0.2) is 14.2 Å². The van der Waals surface area contributed by atoms with Crippen molar-refractivity contribution in [3.8, 4) is 0 Å². The lowest BCUT2D eigenvalue weighted by molar-refractivity contribution is 0.0955. The number of pyridine rings is 1. The number of allylic oxidation sites excluding steroid dienone is 3. The molecule has 1 N–H and O–H groups in total. The van der Waals surface area contributed by atoms with Gasteiger partial charge in [-0.15, -0.1) is 0 Å². The van der Waals surface area contributed by atoms with Crippen molar-refractivity contribution in [1.29, 1.82) is 0 Å². The maximum atomic E-state index is 13.7. The van der Waals surface area contributed by atoms with Gasteiger partial charge in [-0.05, 0) is 30.4 Å². The summed E-state index contributed by atoms with van der Waals surface area (Å²) in [5.41, 5.74) is 2.52. The molecule has 0 saturated heterocycles. The zero-order valence-corrected chi connectivity index (χ0v) is 12.2. The van der Waals surface area contributed by atoms with Gasteiger partial charge >= 0.3 is 0 Å². The molecule has 4 nitrogen and oxygen atoms in total. The van der Waals surface area contributed by atoms with Crippen LogP contribution in [-0.4, -0.2) is 27.4 Å². The lowest BCUT2D eigenvalue weighted by Crippen LogP contribution is -2.34. The van der Waals surface area contributed by atoms with Gasteiger partial charge in [0.05, 0.1) is 0 Å². The number of halogens is 4. The number of alkyl halides is 4. The van der Waals surface area contributed by atoms with Crippen LogP contribution in [0.15, 0.2) is 54.4 Å². The zero-order chi connectivity index (χ0) is 15.9. The molecule has 1 heterocycles. The Morgan fingerprint density at radius 2 is 1.95 bits per heavy atom. The molecule has 1 aromatic heterocycles. The molecule has 1 aromatic rings. The van der Waals surface area contributed by atoms with Gasteiger partial charge in [-0.2, -0.15) is 5.10 Å². The van der Waals surface area contributed by atoms with Crippen molar-refractivity contribution in [2.75, 3.05) is 0 Å². The van der Waals surface area contributed by atoms with Crippen molar-refractivity contribution in [1.82, 2.24) is 10.4 Å². The molecule has 112 valence electrons. The van der Waals surface area contributed by atoms with Crippen LogP contribution in [0.5, 0.6) is 0 Å². The van der Waals surface area contributed by atoms with Crippen molar-refractivity contribution >= 4 is 35.3 Å². The van der Waals surface area contributed by atoms with Crippen LogP contribution in [0.1, 0.15) is 10.4 Å². The topological polar surface area (TPSA) is 54.4 Å². The number of amides is 1. The first-order chi connectivity index (χ1) is 9.80. The van der Waals surface area contributed by atoms with Gasteiger partial charge in [0.25, 0.3) is 16.2 Å². The molecule has 2 unspecified atom stereocenters. The van der Waals surface area contributed by atoms with Crippen molar-refractivity contribution < 1.29 is 13.6 Å². The average Bonchev–Trinajstić information content (AvgIpc) is 2.47. The number of hydrogen-bond acceptors (Lipinski definition) is 3. The summed E-state index contributed by atoms with van der Waals surface area (Å²) in [4.78, 5) is 15.3. The third-order valence-electron chi connectivity index (χ3n) is 2.28. The Labute approximate surface area is 130 Å². The number of nitrogens with one attached hydrogen (secondary N) is 1. The van der Waals surface area contributed by atoms with Crippen LogP contribution >= 0.6 is 23.2 Å². The van der Waals surface area contributed by atoms with Crippen LogP contribution in [0.25, 0.3) is 0 Å². The highest BCUT2D eigenvalue weighted by Gasteiger charge is 2.47. The average molecular weight is 334 g/mol. The standard InChI is InChI=1S/C13H11Cl2F2N3O/c1-2-12(14,16)13(15,17)6-3-7-19-20-11(21)10-4-8-18-9-5-10/h2-9H,1H2,(H,20,21)/b6-3-,19-7+. The molecule has 0 spiro atoms. The lowest BCUT2D eigenvalue weighted by Gasteiger charge is -2.23. The van der Waals surface area contributed by atoms with Gasteiger partial charge in [0.2, 0.25) is 0 Å². The second-order valence-electron chi connectivity index (χ2n) is 3.76. The van der Waals surface area contributed by atoms with E-state index in [1.54, 1.807) is 0 Å². The highest BCUT2D eigenvalue weighted by Crippen LogP contribution is 2.40. The molecule has 0 aliphatic carbocycles. The van der Waals surface area contributed by atoms with Crippen LogP contribution in [0.2, 0.25) is 0 Å². The Bertz CT molecular complexity index is 560. The van der Waals surface area contributed by atoms with E-state index in [1.165, 1.54) is 24.5 Å². The summed E-state index contributed by atoms with van der Waals surface area (Å²) < 4.78 is 27.1. The zero-order valence-electron chi connectivity index (χ0n) is 10.6. The molecular weight excluding hydrogens is 323 g/mol. The first-order valence-corrected chi connectivity index (χ1v) is 6.36. The first-order valence-electron chi connectivity index (χ1n) is 5.60. The van der Waals surface area contributed by atoms with Crippen LogP contribution in [0.3, 0.4) is 0 Å². The monoisotopic (exact) mass is 333 g/mol. The van der Waals surface area contributed by atoms with Crippen molar-refractivity contribution in [2.45, 2.75) is 10.3 Å². The molecule has 0 aliphatic rings. The van der Waals surface area contributed by atoms with Crippen LogP contribution in [-0.2, 0) is 0 Å². The van der Waals surface area contributed by atoms with Crippen LogP contribution < -0.4 is 5.43 Å². The molecule has 0 aromatic carbocycles. The van der Waals surface area contributed by atoms with E-state index in [2.05, 4.69) is 22.1 Å². The third-order valence-corrected chi connectivity index (χ3v) is 3.20. The predicted molar refractivity (Wildman–Crippen MR) is 78.9 cm³/mol. The minimum atomic E-state index is -2.99. The molecule has 1 rings (SSSR count). The van der Waals surface area contributed by atoms with Gasteiger partial charge < -0.3 is 0 Å². The summed E-state index contributed by atoms with van der Waals surface area (Å²) in [5.74, 6) is -0.484. The number of hydrogen-bond donors (Lipinski definition) is 1. The van der Waals surface area contributed by atoms with Gasteiger partial charge in [0.1, 0.15) is 0 Å². The highest BCUT2D eigenvalue weighted by atomic mass is 35.5. The fourth-order valence-corrected chi connectivity index (χ4v) is 1.33. The van der Waals surface area contributed by atoms with Crippen molar-refractivity contribution in [2.24, 2.45) is 5.10 Å². The van der Waals surface area contributed by atoms with Crippen LogP contribution in [0.4, 0.5) is 8.78 Å². The van der Waals surface area contributed by atoms with E-state index in [0.717, 1.165) is 12.3 Å². The summed E-state index contributed by atoms with van der Waals surface area (Å²) in [7, 11) is 0. The molecular formula is C13H11Cl2F2N3O. The molecule has 21 heavy (non-hydrogen) atoms. The number of carbonyl (C=O) groups is 1. The Kier molecular flexibility index (Phi) is 5.99. The van der Waals surface area contributed by atoms with Gasteiger partial charge in [-0.1, -0.05) is 29.8 Å². The summed E-state index contributed by atoms with van der Waals surface area (Å²) in [6.07, 6.45) is 6.09. The fourth-order valence-electron chi connectivity index (χ4n) is 1.12. The summed E-state index contributed by atoms with van der Waals surface area (Å²) in [6, 6.07) is 2.97. The molecule has 2 atom stereocenters. The number of carbonyl (C=O) groups excluding carboxylic acids is 1. The second-order valence-corrected chi connectivity index (χ2v) is 4.86. The van der Waals surface area contributed by atoms with E-state index >= 15 is 0 Å². The minimum absolute atomic E-state index is 0.346. The molecule has 0 fully saturated rings. The van der Waals surface area contributed by atoms with Crippen molar-refractivity contribution in [3.05, 3.63) is 54.9 Å². The van der Waals surface area contributed by atoms with Gasteiger partial charge in [0, 0.05) is 24.2 Å². The SMILES string of the molecule is C=CC(F)(Cl)C(F)(Cl)/C=C\C=N\NC(=O)c1ccncc1. The van der Waals surface area contributed by atoms with Gasteiger partial charge in [0.15, 0.2) is 0 Å². The minimum Gasteiger partial charge on any atom is -0.267 e. The molecule has 0 saturated carbocycles. The lowest BCUT2D eigenvalue weighted by atomic mass is 10.2. The second kappa shape index (κ2) is 7.28. The quantitative estimate of drug-likeness (QED) is 0.375. The molecule has 8 heteroatoms. The van der Waals surface area contributed by atoms with E-state index in [4.69, 9.17) is 23.2 Å². The van der Waals surface area contributed by atoms with E-state index < -0.39 is 16.2 Å². The van der Waals surface area contributed by atoms with E-state index in [9.17, 15) is 13.6 Å². The number of nitrogens with zero attached hydrogens (tertiary/aromatic N) is 2. The van der Waals surface area contributed by atoms with E-state index in [1.807, 2.05) is 0 Å². The maximum Gasteiger partial charge on any atom is 0.271 e.